The highest BCUT2D eigenvalue weighted by atomic mass is 17.0. The van der Waals surface area contributed by atoms with Crippen molar-refractivity contribution in [2.75, 3.05) is 0 Å². The third-order valence-electron chi connectivity index (χ3n) is 1.03. The first kappa shape index (κ1) is 15.5. The molecule has 100 valence electrons. The van der Waals surface area contributed by atoms with E-state index >= 15 is 0 Å². The van der Waals surface area contributed by atoms with Crippen LogP contribution in [0.1, 0.15) is 41.5 Å². The van der Waals surface area contributed by atoms with Crippen molar-refractivity contribution in [1.29, 1.82) is 0 Å². The number of ether oxygens (including phenoxy) is 2. The number of hydrogen-bond acceptors (Lipinski definition) is 7. The third kappa shape index (κ3) is 10.8. The largest absolute Gasteiger partial charge is 0.530 e. The Labute approximate surface area is 100 Å². The zero-order valence-corrected chi connectivity index (χ0v) is 10.9. The van der Waals surface area contributed by atoms with Crippen molar-refractivity contribution in [3.8, 4) is 0 Å². The van der Waals surface area contributed by atoms with Gasteiger partial charge in [-0.15, -0.1) is 0 Å². The number of carbonyl (C=O) groups is 2. The Kier molecular flexibility index (Phi) is 5.21. The molecule has 0 saturated heterocycles. The Morgan fingerprint density at radius 1 is 0.765 bits per heavy atom. The van der Waals surface area contributed by atoms with Gasteiger partial charge in [0.25, 0.3) is 0 Å². The molecule has 0 aliphatic carbocycles. The summed E-state index contributed by atoms with van der Waals surface area (Å²) in [4.78, 5) is 30.5. The summed E-state index contributed by atoms with van der Waals surface area (Å²) in [6.45, 7) is 10.0. The zero-order chi connectivity index (χ0) is 13.7. The van der Waals surface area contributed by atoms with Crippen LogP contribution in [0.3, 0.4) is 0 Å². The maximum absolute atomic E-state index is 11.0. The molecular weight excluding hydrogens is 230 g/mol. The van der Waals surface area contributed by atoms with Crippen LogP contribution in [0.25, 0.3) is 0 Å². The summed E-state index contributed by atoms with van der Waals surface area (Å²) < 4.78 is 9.53. The number of rotatable bonds is 2. The van der Waals surface area contributed by atoms with Gasteiger partial charge in [-0.05, 0) is 41.5 Å². The predicted octanol–water partition coefficient (Wildman–Crippen LogP) is 2.31. The minimum atomic E-state index is -1.01. The molecule has 0 aliphatic heterocycles. The van der Waals surface area contributed by atoms with Gasteiger partial charge in [-0.2, -0.15) is 0 Å². The zero-order valence-electron chi connectivity index (χ0n) is 10.9. The van der Waals surface area contributed by atoms with Gasteiger partial charge in [0.2, 0.25) is 0 Å². The van der Waals surface area contributed by atoms with Gasteiger partial charge in [0.15, 0.2) is 0 Å². The van der Waals surface area contributed by atoms with Crippen molar-refractivity contribution < 1.29 is 28.7 Å². The van der Waals surface area contributed by atoms with Crippen molar-refractivity contribution >= 4 is 12.3 Å². The van der Waals surface area contributed by atoms with E-state index in [2.05, 4.69) is 9.68 Å². The molecule has 7 heteroatoms. The number of nitrogens with one attached hydrogen (secondary N) is 1. The van der Waals surface area contributed by atoms with Crippen molar-refractivity contribution in [3.05, 3.63) is 0 Å². The quantitative estimate of drug-likeness (QED) is 0.593. The predicted molar refractivity (Wildman–Crippen MR) is 57.8 cm³/mol. The molecule has 0 aromatic rings. The van der Waals surface area contributed by atoms with Crippen LogP contribution in [0.4, 0.5) is 9.59 Å². The van der Waals surface area contributed by atoms with E-state index in [4.69, 9.17) is 9.47 Å². The number of carbonyl (C=O) groups excluding carboxylic acids is 2. The first-order chi connectivity index (χ1) is 7.49. The third-order valence-corrected chi connectivity index (χ3v) is 1.03. The molecule has 0 amide bonds. The Morgan fingerprint density at radius 2 is 1.06 bits per heavy atom. The van der Waals surface area contributed by atoms with E-state index in [0.29, 0.717) is 0 Å². The Bertz CT molecular complexity index is 248. The summed E-state index contributed by atoms with van der Waals surface area (Å²) in [5.41, 5.74) is 0.301. The topological polar surface area (TPSA) is 83.1 Å². The Balaban J connectivity index is 3.78. The van der Waals surface area contributed by atoms with Crippen molar-refractivity contribution in [2.45, 2.75) is 52.7 Å². The van der Waals surface area contributed by atoms with Crippen LogP contribution in [0.5, 0.6) is 0 Å². The van der Waals surface area contributed by atoms with E-state index in [1.807, 2.05) is 0 Å². The van der Waals surface area contributed by atoms with E-state index in [1.54, 1.807) is 47.2 Å². The van der Waals surface area contributed by atoms with Crippen molar-refractivity contribution in [2.24, 2.45) is 0 Å². The van der Waals surface area contributed by atoms with Crippen LogP contribution in [0, 0.1) is 0 Å². The summed E-state index contributed by atoms with van der Waals surface area (Å²) in [6.07, 6.45) is -2.03. The van der Waals surface area contributed by atoms with Gasteiger partial charge in [-0.3, -0.25) is 0 Å². The first-order valence-corrected chi connectivity index (χ1v) is 5.04. The SMILES string of the molecule is CC(C)(C)OC(=O)ONOC(=O)OC(C)(C)C. The Hall–Kier alpha value is -1.50. The van der Waals surface area contributed by atoms with Gasteiger partial charge < -0.3 is 19.1 Å². The average molecular weight is 249 g/mol. The van der Waals surface area contributed by atoms with E-state index in [1.165, 1.54) is 0 Å². The lowest BCUT2D eigenvalue weighted by Crippen LogP contribution is -2.32. The second kappa shape index (κ2) is 5.72. The maximum Gasteiger partial charge on any atom is 0.530 e. The van der Waals surface area contributed by atoms with Crippen molar-refractivity contribution in [3.63, 3.8) is 0 Å². The van der Waals surface area contributed by atoms with Crippen molar-refractivity contribution in [1.82, 2.24) is 5.64 Å². The summed E-state index contributed by atoms with van der Waals surface area (Å²) in [6, 6.07) is 0. The highest BCUT2D eigenvalue weighted by Crippen LogP contribution is 2.08. The maximum atomic E-state index is 11.0. The second-order valence-corrected chi connectivity index (χ2v) is 5.22. The molecule has 0 rings (SSSR count). The van der Waals surface area contributed by atoms with Crippen LogP contribution < -0.4 is 5.64 Å². The fraction of sp³-hybridized carbons (Fsp3) is 0.800. The van der Waals surface area contributed by atoms with Gasteiger partial charge in [-0.25, -0.2) is 9.59 Å². The van der Waals surface area contributed by atoms with Gasteiger partial charge in [0.05, 0.1) is 0 Å². The summed E-state index contributed by atoms with van der Waals surface area (Å²) in [7, 11) is 0. The lowest BCUT2D eigenvalue weighted by Gasteiger charge is -2.19. The lowest BCUT2D eigenvalue weighted by molar-refractivity contribution is -0.145. The van der Waals surface area contributed by atoms with E-state index in [9.17, 15) is 9.59 Å². The molecule has 0 aromatic carbocycles. The molecule has 0 aromatic heterocycles. The monoisotopic (exact) mass is 249 g/mol. The summed E-state index contributed by atoms with van der Waals surface area (Å²) >= 11 is 0. The molecular formula is C10H19NO6. The van der Waals surface area contributed by atoms with Gasteiger partial charge in [0.1, 0.15) is 11.2 Å². The smallest absolute Gasteiger partial charge is 0.427 e. The van der Waals surface area contributed by atoms with Crippen LogP contribution >= 0.6 is 0 Å². The molecule has 0 bridgehead atoms. The molecule has 1 N–H and O–H groups in total. The standard InChI is InChI=1S/C10H19NO6/c1-9(2,3)14-7(12)16-11-17-8(13)15-10(4,5)6/h11H,1-6H3. The van der Waals surface area contributed by atoms with E-state index < -0.39 is 23.5 Å². The minimum absolute atomic E-state index is 0.690. The van der Waals surface area contributed by atoms with Gasteiger partial charge in [-0.1, -0.05) is 0 Å². The van der Waals surface area contributed by atoms with Gasteiger partial charge >= 0.3 is 12.3 Å². The molecule has 0 fully saturated rings. The summed E-state index contributed by atoms with van der Waals surface area (Å²) in [5, 5.41) is 0. The molecule has 0 unspecified atom stereocenters. The van der Waals surface area contributed by atoms with Crippen LogP contribution in [0.15, 0.2) is 0 Å². The minimum Gasteiger partial charge on any atom is -0.427 e. The van der Waals surface area contributed by atoms with E-state index in [-0.39, 0.29) is 0 Å². The highest BCUT2D eigenvalue weighted by Gasteiger charge is 2.20. The van der Waals surface area contributed by atoms with E-state index in [0.717, 1.165) is 0 Å². The molecule has 0 spiro atoms. The highest BCUT2D eigenvalue weighted by molar-refractivity contribution is 5.61. The normalized spacial score (nSPS) is 11.6. The second-order valence-electron chi connectivity index (χ2n) is 5.22. The molecule has 0 heterocycles. The molecule has 7 nitrogen and oxygen atoms in total. The summed E-state index contributed by atoms with van der Waals surface area (Å²) in [5.74, 6) is 0. The average Bonchev–Trinajstić information content (AvgIpc) is 1.95. The molecule has 0 aliphatic rings. The molecule has 0 saturated carbocycles. The van der Waals surface area contributed by atoms with Crippen LogP contribution in [-0.2, 0) is 19.1 Å². The molecule has 0 radical (unpaired) electrons. The fourth-order valence-corrected chi connectivity index (χ4v) is 0.631. The molecule has 17 heavy (non-hydrogen) atoms. The van der Waals surface area contributed by atoms with Crippen LogP contribution in [-0.4, -0.2) is 23.5 Å². The lowest BCUT2D eigenvalue weighted by atomic mass is 10.2. The Morgan fingerprint density at radius 3 is 1.29 bits per heavy atom. The molecule has 0 atom stereocenters. The van der Waals surface area contributed by atoms with Crippen LogP contribution in [0.2, 0.25) is 0 Å². The number of hydrogen-bond donors (Lipinski definition) is 1. The fourth-order valence-electron chi connectivity index (χ4n) is 0.631. The van der Waals surface area contributed by atoms with Gasteiger partial charge in [0, 0.05) is 5.64 Å². The first-order valence-electron chi connectivity index (χ1n) is 5.04.